The summed E-state index contributed by atoms with van der Waals surface area (Å²) in [7, 11) is 0. The van der Waals surface area contributed by atoms with Crippen LogP contribution in [0.15, 0.2) is 85.1 Å². The highest BCUT2D eigenvalue weighted by Crippen LogP contribution is 2.12. The van der Waals surface area contributed by atoms with Crippen LogP contribution >= 0.6 is 0 Å². The van der Waals surface area contributed by atoms with Crippen LogP contribution in [0.1, 0.15) is 155 Å². The quantitative estimate of drug-likeness (QED) is 0.0508. The van der Waals surface area contributed by atoms with E-state index < -0.39 is 12.1 Å². The summed E-state index contributed by atoms with van der Waals surface area (Å²) in [6.45, 7) is 4.11. The molecule has 0 aliphatic carbocycles. The number of carbonyl (C=O) groups is 1. The first-order chi connectivity index (χ1) is 22.7. The highest BCUT2D eigenvalue weighted by molar-refractivity contribution is 5.76. The molecule has 0 saturated carbocycles. The van der Waals surface area contributed by atoms with Gasteiger partial charge in [0.2, 0.25) is 5.91 Å². The first-order valence-corrected chi connectivity index (χ1v) is 18.8. The van der Waals surface area contributed by atoms with Gasteiger partial charge in [-0.25, -0.2) is 0 Å². The summed E-state index contributed by atoms with van der Waals surface area (Å²) in [5.74, 6) is -0.0829. The normalized spacial score (nSPS) is 14.1. The summed E-state index contributed by atoms with van der Waals surface area (Å²) >= 11 is 0. The van der Waals surface area contributed by atoms with Gasteiger partial charge in [0, 0.05) is 6.42 Å². The molecule has 3 N–H and O–H groups in total. The molecule has 4 heteroatoms. The number of nitrogens with one attached hydrogen (secondary N) is 1. The Morgan fingerprint density at radius 3 is 1.43 bits per heavy atom. The van der Waals surface area contributed by atoms with E-state index in [1.807, 2.05) is 6.08 Å². The molecule has 0 aliphatic rings. The Morgan fingerprint density at radius 1 is 0.543 bits per heavy atom. The van der Waals surface area contributed by atoms with E-state index in [9.17, 15) is 15.0 Å². The highest BCUT2D eigenvalue weighted by Gasteiger charge is 2.17. The number of hydrogen-bond acceptors (Lipinski definition) is 3. The monoisotopic (exact) mass is 638 g/mol. The molecule has 2 atom stereocenters. The molecule has 0 saturated heterocycles. The Balaban J connectivity index is 3.62. The standard InChI is InChI=1S/C42H71NO3/c1-3-5-7-9-11-12-13-14-15-16-17-18-19-20-21-22-23-24-25-26-27-28-29-30-32-34-36-38-42(46)43-40(39-44)41(45)37-35-33-31-10-8-6-4-2/h5,7,11-12,14-15,17-18,20-21,23-24,35,37,40-41,44-45H,3-4,6,8-10,13,16,19,22,25-34,36,38-39H2,1-2H3,(H,43,46)/b7-5-,12-11-,15-14-,18-17-,21-20-,24-23-,37-35+. The molecule has 1 amide bonds. The minimum absolute atomic E-state index is 0.0829. The summed E-state index contributed by atoms with van der Waals surface area (Å²) < 4.78 is 0. The van der Waals surface area contributed by atoms with Crippen molar-refractivity contribution in [3.05, 3.63) is 85.1 Å². The number of hydrogen-bond donors (Lipinski definition) is 3. The van der Waals surface area contributed by atoms with E-state index in [2.05, 4.69) is 92.1 Å². The maximum atomic E-state index is 12.3. The maximum Gasteiger partial charge on any atom is 0.220 e. The van der Waals surface area contributed by atoms with Crippen LogP contribution in [0.25, 0.3) is 0 Å². The van der Waals surface area contributed by atoms with Crippen molar-refractivity contribution in [2.75, 3.05) is 6.61 Å². The molecular weight excluding hydrogens is 566 g/mol. The van der Waals surface area contributed by atoms with E-state index in [0.29, 0.717) is 6.42 Å². The van der Waals surface area contributed by atoms with Crippen LogP contribution in [0.4, 0.5) is 0 Å². The molecule has 0 spiro atoms. The second-order valence-electron chi connectivity index (χ2n) is 12.3. The molecule has 262 valence electrons. The van der Waals surface area contributed by atoms with Crippen LogP contribution in [0.3, 0.4) is 0 Å². The number of allylic oxidation sites excluding steroid dienone is 13. The Bertz CT molecular complexity index is 864. The number of rotatable bonds is 32. The van der Waals surface area contributed by atoms with Gasteiger partial charge in [0.25, 0.3) is 0 Å². The van der Waals surface area contributed by atoms with Gasteiger partial charge in [-0.2, -0.15) is 0 Å². The molecule has 46 heavy (non-hydrogen) atoms. The fourth-order valence-electron chi connectivity index (χ4n) is 5.00. The first-order valence-electron chi connectivity index (χ1n) is 18.8. The van der Waals surface area contributed by atoms with Gasteiger partial charge in [-0.15, -0.1) is 0 Å². The SMILES string of the molecule is CC/C=C\C/C=C\C/C=C\C/C=C\C/C=C\C/C=C\CCCCCCCCCCC(=O)NC(CO)C(O)/C=C/CCCCCCC. The smallest absolute Gasteiger partial charge is 0.220 e. The molecule has 0 heterocycles. The third-order valence-electron chi connectivity index (χ3n) is 7.88. The minimum Gasteiger partial charge on any atom is -0.394 e. The Hall–Kier alpha value is -2.43. The molecule has 0 fully saturated rings. The summed E-state index contributed by atoms with van der Waals surface area (Å²) in [6.07, 6.45) is 54.0. The minimum atomic E-state index is -0.844. The fourth-order valence-corrected chi connectivity index (χ4v) is 5.00. The molecule has 0 aromatic rings. The largest absolute Gasteiger partial charge is 0.394 e. The fraction of sp³-hybridized carbons (Fsp3) is 0.643. The number of carbonyl (C=O) groups excluding carboxylic acids is 1. The van der Waals surface area contributed by atoms with E-state index in [1.165, 1.54) is 57.8 Å². The molecule has 0 aromatic carbocycles. The van der Waals surface area contributed by atoms with Gasteiger partial charge in [0.05, 0.1) is 18.8 Å². The second kappa shape index (κ2) is 37.0. The van der Waals surface area contributed by atoms with Gasteiger partial charge >= 0.3 is 0 Å². The molecule has 0 bridgehead atoms. The van der Waals surface area contributed by atoms with E-state index >= 15 is 0 Å². The Labute approximate surface area is 284 Å². The van der Waals surface area contributed by atoms with Gasteiger partial charge in [-0.1, -0.05) is 163 Å². The van der Waals surface area contributed by atoms with Crippen molar-refractivity contribution in [1.29, 1.82) is 0 Å². The third-order valence-corrected chi connectivity index (χ3v) is 7.88. The lowest BCUT2D eigenvalue weighted by Gasteiger charge is -2.20. The van der Waals surface area contributed by atoms with Crippen molar-refractivity contribution in [3.8, 4) is 0 Å². The van der Waals surface area contributed by atoms with E-state index in [-0.39, 0.29) is 12.5 Å². The van der Waals surface area contributed by atoms with Crippen LogP contribution in [0, 0.1) is 0 Å². The molecule has 2 unspecified atom stereocenters. The summed E-state index contributed by atoms with van der Waals surface area (Å²) in [5.41, 5.74) is 0. The van der Waals surface area contributed by atoms with Crippen LogP contribution in [0.2, 0.25) is 0 Å². The molecule has 4 nitrogen and oxygen atoms in total. The van der Waals surface area contributed by atoms with Crippen molar-refractivity contribution >= 4 is 5.91 Å². The van der Waals surface area contributed by atoms with E-state index in [4.69, 9.17) is 0 Å². The number of aliphatic hydroxyl groups is 2. The third kappa shape index (κ3) is 32.9. The van der Waals surface area contributed by atoms with Crippen molar-refractivity contribution in [2.45, 2.75) is 167 Å². The number of aliphatic hydroxyl groups excluding tert-OH is 2. The lowest BCUT2D eigenvalue weighted by Crippen LogP contribution is -2.45. The Kier molecular flexibility index (Phi) is 35.1. The molecule has 0 rings (SSSR count). The zero-order valence-electron chi connectivity index (χ0n) is 29.8. The van der Waals surface area contributed by atoms with E-state index in [1.54, 1.807) is 6.08 Å². The first kappa shape index (κ1) is 43.6. The van der Waals surface area contributed by atoms with Gasteiger partial charge < -0.3 is 15.5 Å². The zero-order valence-corrected chi connectivity index (χ0v) is 29.8. The molecule has 0 radical (unpaired) electrons. The Morgan fingerprint density at radius 2 is 0.957 bits per heavy atom. The molecular formula is C42H71NO3. The average molecular weight is 638 g/mol. The predicted octanol–water partition coefficient (Wildman–Crippen LogP) is 11.3. The van der Waals surface area contributed by atoms with Gasteiger partial charge in [-0.05, 0) is 70.6 Å². The number of unbranched alkanes of at least 4 members (excludes halogenated alkanes) is 13. The van der Waals surface area contributed by atoms with Crippen molar-refractivity contribution in [2.24, 2.45) is 0 Å². The van der Waals surface area contributed by atoms with Crippen molar-refractivity contribution in [1.82, 2.24) is 5.32 Å². The summed E-state index contributed by atoms with van der Waals surface area (Å²) in [4.78, 5) is 12.3. The topological polar surface area (TPSA) is 69.6 Å². The van der Waals surface area contributed by atoms with Gasteiger partial charge in [-0.3, -0.25) is 4.79 Å². The maximum absolute atomic E-state index is 12.3. The average Bonchev–Trinajstić information content (AvgIpc) is 3.06. The molecule has 0 aromatic heterocycles. The van der Waals surface area contributed by atoms with Crippen LogP contribution in [-0.4, -0.2) is 34.9 Å². The lowest BCUT2D eigenvalue weighted by atomic mass is 10.1. The van der Waals surface area contributed by atoms with Gasteiger partial charge in [0.15, 0.2) is 0 Å². The summed E-state index contributed by atoms with van der Waals surface area (Å²) in [6, 6.07) is -0.628. The lowest BCUT2D eigenvalue weighted by molar-refractivity contribution is -0.123. The zero-order chi connectivity index (χ0) is 33.6. The summed E-state index contributed by atoms with van der Waals surface area (Å²) in [5, 5.41) is 22.7. The second-order valence-corrected chi connectivity index (χ2v) is 12.3. The van der Waals surface area contributed by atoms with Crippen molar-refractivity contribution < 1.29 is 15.0 Å². The van der Waals surface area contributed by atoms with Crippen LogP contribution in [-0.2, 0) is 4.79 Å². The van der Waals surface area contributed by atoms with Gasteiger partial charge in [0.1, 0.15) is 0 Å². The van der Waals surface area contributed by atoms with E-state index in [0.717, 1.165) is 77.0 Å². The van der Waals surface area contributed by atoms with Crippen molar-refractivity contribution in [3.63, 3.8) is 0 Å². The highest BCUT2D eigenvalue weighted by atomic mass is 16.3. The number of amides is 1. The van der Waals surface area contributed by atoms with Crippen LogP contribution < -0.4 is 5.32 Å². The van der Waals surface area contributed by atoms with Crippen LogP contribution in [0.5, 0.6) is 0 Å². The predicted molar refractivity (Wildman–Crippen MR) is 202 cm³/mol. The molecule has 0 aliphatic heterocycles.